The molecule has 0 spiro atoms. The van der Waals surface area contributed by atoms with Gasteiger partial charge >= 0.3 is 0 Å². The summed E-state index contributed by atoms with van der Waals surface area (Å²) in [5.41, 5.74) is 6.24. The number of aryl methyl sites for hydroxylation is 3. The first-order chi connectivity index (χ1) is 7.16. The van der Waals surface area contributed by atoms with Crippen LogP contribution in [-0.4, -0.2) is 4.98 Å². The van der Waals surface area contributed by atoms with Gasteiger partial charge in [0.25, 0.3) is 0 Å². The van der Waals surface area contributed by atoms with Crippen molar-refractivity contribution in [3.05, 3.63) is 53.3 Å². The smallest absolute Gasteiger partial charge is 0.0378 e. The first-order valence-electron chi connectivity index (χ1n) is 5.17. The van der Waals surface area contributed by atoms with E-state index < -0.39 is 0 Å². The lowest BCUT2D eigenvalue weighted by Gasteiger charge is -2.07. The minimum Gasteiger partial charge on any atom is -0.262 e. The SMILES string of the molecule is Cc1ccc(-c2ccnc(C)c2)c(C)c1. The van der Waals surface area contributed by atoms with Gasteiger partial charge in [0.2, 0.25) is 0 Å². The third-order valence-electron chi connectivity index (χ3n) is 2.59. The molecule has 76 valence electrons. The average Bonchev–Trinajstić information content (AvgIpc) is 2.17. The molecule has 0 bridgehead atoms. The highest BCUT2D eigenvalue weighted by molar-refractivity contribution is 5.67. The maximum absolute atomic E-state index is 4.21. The minimum atomic E-state index is 1.06. The van der Waals surface area contributed by atoms with Crippen LogP contribution in [0.2, 0.25) is 0 Å². The van der Waals surface area contributed by atoms with Crippen LogP contribution in [0.15, 0.2) is 36.5 Å². The molecular formula is C14H15N. The molecule has 0 fully saturated rings. The maximum atomic E-state index is 4.21. The molecule has 0 aliphatic carbocycles. The third kappa shape index (κ3) is 2.07. The second kappa shape index (κ2) is 3.85. The first-order valence-corrected chi connectivity index (χ1v) is 5.17. The molecule has 0 amide bonds. The summed E-state index contributed by atoms with van der Waals surface area (Å²) in [4.78, 5) is 4.21. The molecule has 0 saturated carbocycles. The number of benzene rings is 1. The van der Waals surface area contributed by atoms with Crippen LogP contribution in [-0.2, 0) is 0 Å². The molecule has 1 aromatic carbocycles. The molecule has 15 heavy (non-hydrogen) atoms. The Bertz CT molecular complexity index is 486. The zero-order valence-electron chi connectivity index (χ0n) is 9.41. The van der Waals surface area contributed by atoms with Gasteiger partial charge in [0.15, 0.2) is 0 Å². The molecule has 0 N–H and O–H groups in total. The second-order valence-electron chi connectivity index (χ2n) is 4.00. The highest BCUT2D eigenvalue weighted by Gasteiger charge is 2.01. The molecule has 1 nitrogen and oxygen atoms in total. The lowest BCUT2D eigenvalue weighted by Crippen LogP contribution is -1.87. The van der Waals surface area contributed by atoms with E-state index in [1.165, 1.54) is 22.3 Å². The summed E-state index contributed by atoms with van der Waals surface area (Å²) >= 11 is 0. The number of aromatic nitrogens is 1. The fraction of sp³-hybridized carbons (Fsp3) is 0.214. The molecule has 2 aromatic rings. The number of rotatable bonds is 1. The summed E-state index contributed by atoms with van der Waals surface area (Å²) in [6.45, 7) is 6.29. The Balaban J connectivity index is 2.54. The molecule has 0 radical (unpaired) electrons. The lowest BCUT2D eigenvalue weighted by molar-refractivity contribution is 1.20. The van der Waals surface area contributed by atoms with Crippen LogP contribution in [0.5, 0.6) is 0 Å². The molecule has 1 heterocycles. The van der Waals surface area contributed by atoms with Crippen LogP contribution in [0.3, 0.4) is 0 Å². The monoisotopic (exact) mass is 197 g/mol. The predicted molar refractivity (Wildman–Crippen MR) is 63.9 cm³/mol. The highest BCUT2D eigenvalue weighted by Crippen LogP contribution is 2.23. The van der Waals surface area contributed by atoms with E-state index in [2.05, 4.69) is 49.2 Å². The van der Waals surface area contributed by atoms with Crippen molar-refractivity contribution in [3.63, 3.8) is 0 Å². The van der Waals surface area contributed by atoms with Gasteiger partial charge in [-0.2, -0.15) is 0 Å². The van der Waals surface area contributed by atoms with Crippen LogP contribution >= 0.6 is 0 Å². The second-order valence-corrected chi connectivity index (χ2v) is 4.00. The van der Waals surface area contributed by atoms with E-state index in [0.717, 1.165) is 5.69 Å². The number of hydrogen-bond donors (Lipinski definition) is 0. The maximum Gasteiger partial charge on any atom is 0.0378 e. The Morgan fingerprint density at radius 2 is 1.73 bits per heavy atom. The fourth-order valence-electron chi connectivity index (χ4n) is 1.85. The van der Waals surface area contributed by atoms with E-state index in [1.54, 1.807) is 0 Å². The summed E-state index contributed by atoms with van der Waals surface area (Å²) in [5, 5.41) is 0. The van der Waals surface area contributed by atoms with Crippen molar-refractivity contribution in [2.75, 3.05) is 0 Å². The highest BCUT2D eigenvalue weighted by atomic mass is 14.6. The molecule has 0 saturated heterocycles. The summed E-state index contributed by atoms with van der Waals surface area (Å²) in [6, 6.07) is 10.7. The average molecular weight is 197 g/mol. The molecule has 0 unspecified atom stereocenters. The molecule has 1 aromatic heterocycles. The largest absolute Gasteiger partial charge is 0.262 e. The first kappa shape index (κ1) is 9.91. The van der Waals surface area contributed by atoms with E-state index in [0.29, 0.717) is 0 Å². The van der Waals surface area contributed by atoms with E-state index >= 15 is 0 Å². The molecule has 0 aliphatic rings. The van der Waals surface area contributed by atoms with Crippen LogP contribution in [0.4, 0.5) is 0 Å². The third-order valence-corrected chi connectivity index (χ3v) is 2.59. The Labute approximate surface area is 90.8 Å². The van der Waals surface area contributed by atoms with Gasteiger partial charge < -0.3 is 0 Å². The van der Waals surface area contributed by atoms with Gasteiger partial charge in [-0.15, -0.1) is 0 Å². The van der Waals surface area contributed by atoms with Crippen molar-refractivity contribution in [3.8, 4) is 11.1 Å². The molecule has 0 aliphatic heterocycles. The van der Waals surface area contributed by atoms with E-state index in [-0.39, 0.29) is 0 Å². The molecule has 2 rings (SSSR count). The summed E-state index contributed by atoms with van der Waals surface area (Å²) in [7, 11) is 0. The molecule has 1 heteroatoms. The van der Waals surface area contributed by atoms with Crippen LogP contribution in [0.25, 0.3) is 11.1 Å². The zero-order valence-corrected chi connectivity index (χ0v) is 9.41. The van der Waals surface area contributed by atoms with Gasteiger partial charge in [-0.3, -0.25) is 4.98 Å². The van der Waals surface area contributed by atoms with Crippen molar-refractivity contribution in [1.29, 1.82) is 0 Å². The van der Waals surface area contributed by atoms with Crippen molar-refractivity contribution in [2.45, 2.75) is 20.8 Å². The summed E-state index contributed by atoms with van der Waals surface area (Å²) in [6.07, 6.45) is 1.87. The van der Waals surface area contributed by atoms with Crippen molar-refractivity contribution in [2.24, 2.45) is 0 Å². The topological polar surface area (TPSA) is 12.9 Å². The van der Waals surface area contributed by atoms with E-state index in [1.807, 2.05) is 13.1 Å². The minimum absolute atomic E-state index is 1.06. The van der Waals surface area contributed by atoms with E-state index in [4.69, 9.17) is 0 Å². The Kier molecular flexibility index (Phi) is 2.55. The van der Waals surface area contributed by atoms with Crippen LogP contribution < -0.4 is 0 Å². The predicted octanol–water partition coefficient (Wildman–Crippen LogP) is 3.67. The summed E-state index contributed by atoms with van der Waals surface area (Å²) < 4.78 is 0. The van der Waals surface area contributed by atoms with Crippen LogP contribution in [0.1, 0.15) is 16.8 Å². The molecule has 0 atom stereocenters. The Hall–Kier alpha value is -1.63. The number of hydrogen-bond acceptors (Lipinski definition) is 1. The number of nitrogens with zero attached hydrogens (tertiary/aromatic N) is 1. The Morgan fingerprint density at radius 1 is 0.933 bits per heavy atom. The number of pyridine rings is 1. The van der Waals surface area contributed by atoms with E-state index in [9.17, 15) is 0 Å². The van der Waals surface area contributed by atoms with Gasteiger partial charge in [0, 0.05) is 11.9 Å². The van der Waals surface area contributed by atoms with Gasteiger partial charge in [0.1, 0.15) is 0 Å². The van der Waals surface area contributed by atoms with Gasteiger partial charge in [-0.1, -0.05) is 23.8 Å². The quantitative estimate of drug-likeness (QED) is 0.679. The Morgan fingerprint density at radius 3 is 2.40 bits per heavy atom. The lowest BCUT2D eigenvalue weighted by atomic mass is 9.99. The standard InChI is InChI=1S/C14H15N/c1-10-4-5-14(11(2)8-10)13-6-7-15-12(3)9-13/h4-9H,1-3H3. The van der Waals surface area contributed by atoms with Gasteiger partial charge in [-0.25, -0.2) is 0 Å². The van der Waals surface area contributed by atoms with Crippen molar-refractivity contribution in [1.82, 2.24) is 4.98 Å². The van der Waals surface area contributed by atoms with Crippen LogP contribution in [0, 0.1) is 20.8 Å². The van der Waals surface area contributed by atoms with Gasteiger partial charge in [0.05, 0.1) is 0 Å². The zero-order chi connectivity index (χ0) is 10.8. The van der Waals surface area contributed by atoms with Crippen molar-refractivity contribution < 1.29 is 0 Å². The molecular weight excluding hydrogens is 182 g/mol. The fourth-order valence-corrected chi connectivity index (χ4v) is 1.85. The summed E-state index contributed by atoms with van der Waals surface area (Å²) in [5.74, 6) is 0. The van der Waals surface area contributed by atoms with Gasteiger partial charge in [-0.05, 0) is 49.6 Å². The van der Waals surface area contributed by atoms with Crippen molar-refractivity contribution >= 4 is 0 Å². The normalized spacial score (nSPS) is 10.3.